The summed E-state index contributed by atoms with van der Waals surface area (Å²) in [4.78, 5) is 7.00. The first-order valence-corrected chi connectivity index (χ1v) is 8.96. The van der Waals surface area contributed by atoms with Crippen molar-refractivity contribution in [2.75, 3.05) is 13.6 Å². The van der Waals surface area contributed by atoms with Crippen LogP contribution in [0, 0.1) is 0 Å². The Morgan fingerprint density at radius 1 is 1.45 bits per heavy atom. The number of rotatable bonds is 4. The molecule has 2 aromatic heterocycles. The number of hydrogen-bond acceptors (Lipinski definition) is 4. The highest BCUT2D eigenvalue weighted by Gasteiger charge is 2.36. The Hall–Kier alpha value is -1.15. The minimum absolute atomic E-state index is 0.0832. The van der Waals surface area contributed by atoms with E-state index in [1.54, 1.807) is 6.07 Å². The van der Waals surface area contributed by atoms with Crippen molar-refractivity contribution in [2.45, 2.75) is 36.2 Å². The van der Waals surface area contributed by atoms with Gasteiger partial charge in [-0.2, -0.15) is 4.31 Å². The van der Waals surface area contributed by atoms with Gasteiger partial charge in [0.15, 0.2) is 0 Å². The molecule has 6 nitrogen and oxygen atoms in total. The molecule has 1 aliphatic carbocycles. The number of halogens is 1. The number of nitrogens with zero attached hydrogens (tertiary/aromatic N) is 2. The maximum Gasteiger partial charge on any atom is 0.245 e. The van der Waals surface area contributed by atoms with E-state index in [0.29, 0.717) is 28.9 Å². The number of sulfonamides is 1. The van der Waals surface area contributed by atoms with Crippen LogP contribution in [0.25, 0.3) is 11.0 Å². The van der Waals surface area contributed by atoms with Crippen molar-refractivity contribution in [1.29, 1.82) is 0 Å². The fraction of sp³-hybridized carbons (Fsp3) is 0.500. The summed E-state index contributed by atoms with van der Waals surface area (Å²) in [6.07, 6.45) is 6.02. The maximum absolute atomic E-state index is 12.8. The van der Waals surface area contributed by atoms with Gasteiger partial charge in [-0.3, -0.25) is 0 Å². The van der Waals surface area contributed by atoms with E-state index in [1.165, 1.54) is 23.7 Å². The number of pyridine rings is 1. The minimum atomic E-state index is -3.75. The standard InChI is InChI=1S/C14H18ClN3O3S/c1-18(9-14(19)5-2-3-6-14)22(20,21)11-8-17-13-12(11)10(15)4-7-16-13/h4,7-8,19H,2-3,5-6,9H2,1H3,(H,16,17). The summed E-state index contributed by atoms with van der Waals surface area (Å²) >= 11 is 6.12. The number of likely N-dealkylation sites (N-methyl/N-ethyl adjacent to an activating group) is 1. The number of fused-ring (bicyclic) bond motifs is 1. The van der Waals surface area contributed by atoms with Gasteiger partial charge >= 0.3 is 0 Å². The molecule has 0 atom stereocenters. The molecule has 1 aliphatic rings. The van der Waals surface area contributed by atoms with Gasteiger partial charge in [-0.05, 0) is 18.9 Å². The van der Waals surface area contributed by atoms with Crippen molar-refractivity contribution in [3.05, 3.63) is 23.5 Å². The number of aliphatic hydroxyl groups is 1. The number of aromatic amines is 1. The summed E-state index contributed by atoms with van der Waals surface area (Å²) in [7, 11) is -2.27. The quantitative estimate of drug-likeness (QED) is 0.890. The SMILES string of the molecule is CN(CC1(O)CCCC1)S(=O)(=O)c1c[nH]c2nccc(Cl)c12. The smallest absolute Gasteiger partial charge is 0.245 e. The molecule has 0 aromatic carbocycles. The van der Waals surface area contributed by atoms with E-state index in [0.717, 1.165) is 12.8 Å². The van der Waals surface area contributed by atoms with Gasteiger partial charge in [-0.25, -0.2) is 13.4 Å². The lowest BCUT2D eigenvalue weighted by atomic mass is 10.0. The van der Waals surface area contributed by atoms with Gasteiger partial charge in [0.1, 0.15) is 10.5 Å². The normalized spacial score (nSPS) is 18.4. The molecule has 0 amide bonds. The van der Waals surface area contributed by atoms with Gasteiger partial charge in [0.05, 0.1) is 16.0 Å². The fourth-order valence-corrected chi connectivity index (χ4v) is 4.77. The van der Waals surface area contributed by atoms with Crippen molar-refractivity contribution >= 4 is 32.7 Å². The van der Waals surface area contributed by atoms with Crippen LogP contribution in [0.1, 0.15) is 25.7 Å². The summed E-state index contributed by atoms with van der Waals surface area (Å²) in [5, 5.41) is 11.2. The summed E-state index contributed by atoms with van der Waals surface area (Å²) in [5.41, 5.74) is -0.505. The molecule has 0 bridgehead atoms. The zero-order valence-electron chi connectivity index (χ0n) is 12.2. The summed E-state index contributed by atoms with van der Waals surface area (Å²) in [6.45, 7) is 0.0832. The van der Waals surface area contributed by atoms with Crippen molar-refractivity contribution < 1.29 is 13.5 Å². The first-order chi connectivity index (χ1) is 10.3. The molecule has 8 heteroatoms. The second-order valence-electron chi connectivity index (χ2n) is 5.86. The molecule has 0 saturated heterocycles. The first kappa shape index (κ1) is 15.7. The average Bonchev–Trinajstić information content (AvgIpc) is 3.06. The lowest BCUT2D eigenvalue weighted by molar-refractivity contribution is 0.0333. The van der Waals surface area contributed by atoms with Gasteiger partial charge < -0.3 is 10.1 Å². The van der Waals surface area contributed by atoms with Gasteiger partial charge in [-0.1, -0.05) is 24.4 Å². The third kappa shape index (κ3) is 2.62. The second kappa shape index (κ2) is 5.49. The van der Waals surface area contributed by atoms with Gasteiger partial charge in [0.25, 0.3) is 0 Å². The van der Waals surface area contributed by atoms with Gasteiger partial charge in [0.2, 0.25) is 10.0 Å². The molecule has 0 radical (unpaired) electrons. The molecule has 2 aromatic rings. The number of hydrogen-bond donors (Lipinski definition) is 2. The van der Waals surface area contributed by atoms with E-state index >= 15 is 0 Å². The van der Waals surface area contributed by atoms with Crippen molar-refractivity contribution in [2.24, 2.45) is 0 Å². The highest BCUT2D eigenvalue weighted by Crippen LogP contribution is 2.33. The van der Waals surface area contributed by atoms with Crippen LogP contribution >= 0.6 is 11.6 Å². The van der Waals surface area contributed by atoms with Crippen LogP contribution in [0.2, 0.25) is 5.02 Å². The van der Waals surface area contributed by atoms with E-state index in [1.807, 2.05) is 0 Å². The lowest BCUT2D eigenvalue weighted by Crippen LogP contribution is -2.41. The zero-order valence-corrected chi connectivity index (χ0v) is 13.8. The fourth-order valence-electron chi connectivity index (χ4n) is 3.05. The van der Waals surface area contributed by atoms with Crippen LogP contribution < -0.4 is 0 Å². The predicted molar refractivity (Wildman–Crippen MR) is 84.3 cm³/mol. The molecule has 0 aliphatic heterocycles. The van der Waals surface area contributed by atoms with E-state index in [2.05, 4.69) is 9.97 Å². The number of nitrogens with one attached hydrogen (secondary N) is 1. The summed E-state index contributed by atoms with van der Waals surface area (Å²) < 4.78 is 26.8. The Morgan fingerprint density at radius 3 is 2.82 bits per heavy atom. The van der Waals surface area contributed by atoms with E-state index in [9.17, 15) is 13.5 Å². The molecule has 3 rings (SSSR count). The van der Waals surface area contributed by atoms with Crippen molar-refractivity contribution in [1.82, 2.24) is 14.3 Å². The van der Waals surface area contributed by atoms with Crippen LogP contribution in [-0.4, -0.2) is 47.0 Å². The van der Waals surface area contributed by atoms with Crippen LogP contribution in [0.15, 0.2) is 23.4 Å². The zero-order chi connectivity index (χ0) is 16.0. The van der Waals surface area contributed by atoms with Crippen molar-refractivity contribution in [3.63, 3.8) is 0 Å². The molecule has 1 saturated carbocycles. The van der Waals surface area contributed by atoms with Crippen LogP contribution in [0.3, 0.4) is 0 Å². The molecule has 0 unspecified atom stereocenters. The highest BCUT2D eigenvalue weighted by atomic mass is 35.5. The molecule has 2 heterocycles. The van der Waals surface area contributed by atoms with Gasteiger partial charge in [0, 0.05) is 26.0 Å². The molecule has 22 heavy (non-hydrogen) atoms. The third-order valence-electron chi connectivity index (χ3n) is 4.23. The maximum atomic E-state index is 12.8. The van der Waals surface area contributed by atoms with Crippen LogP contribution in [-0.2, 0) is 10.0 Å². The Balaban J connectivity index is 1.97. The topological polar surface area (TPSA) is 86.3 Å². The van der Waals surface area contributed by atoms with Crippen LogP contribution in [0.4, 0.5) is 0 Å². The number of aromatic nitrogens is 2. The minimum Gasteiger partial charge on any atom is -0.389 e. The summed E-state index contributed by atoms with van der Waals surface area (Å²) in [6, 6.07) is 1.56. The van der Waals surface area contributed by atoms with E-state index < -0.39 is 15.6 Å². The molecule has 2 N–H and O–H groups in total. The second-order valence-corrected chi connectivity index (χ2v) is 8.28. The predicted octanol–water partition coefficient (Wildman–Crippen LogP) is 2.14. The van der Waals surface area contributed by atoms with E-state index in [-0.39, 0.29) is 11.4 Å². The van der Waals surface area contributed by atoms with E-state index in [4.69, 9.17) is 11.6 Å². The molecular weight excluding hydrogens is 326 g/mol. The van der Waals surface area contributed by atoms with Crippen molar-refractivity contribution in [3.8, 4) is 0 Å². The Bertz CT molecular complexity index is 797. The Kier molecular flexibility index (Phi) is 3.92. The first-order valence-electron chi connectivity index (χ1n) is 7.14. The Labute approximate surface area is 134 Å². The summed E-state index contributed by atoms with van der Waals surface area (Å²) in [5.74, 6) is 0. The van der Waals surface area contributed by atoms with Gasteiger partial charge in [-0.15, -0.1) is 0 Å². The lowest BCUT2D eigenvalue weighted by Gasteiger charge is -2.27. The number of H-pyrrole nitrogens is 1. The Morgan fingerprint density at radius 2 is 2.14 bits per heavy atom. The average molecular weight is 344 g/mol. The molecule has 120 valence electrons. The molecular formula is C14H18ClN3O3S. The molecule has 1 fully saturated rings. The third-order valence-corrected chi connectivity index (χ3v) is 6.37. The monoisotopic (exact) mass is 343 g/mol. The van der Waals surface area contributed by atoms with Crippen LogP contribution in [0.5, 0.6) is 0 Å². The highest BCUT2D eigenvalue weighted by molar-refractivity contribution is 7.89. The molecule has 0 spiro atoms. The largest absolute Gasteiger partial charge is 0.389 e.